The standard InChI is InChI=1S/C20H26N4O4S/c1-27-20(26)18-15(4-10-29-18)13-23-5-2-3-14(12-23)17-16(11-21-22-17)19(25)24-6-8-28-9-7-24/h4,10-11,14H,2-3,5-9,12-13H2,1H3,(H,21,22)/t14-/m0/s1. The van der Waals surface area contributed by atoms with E-state index in [-0.39, 0.29) is 17.8 Å². The minimum Gasteiger partial charge on any atom is -0.465 e. The number of ether oxygens (including phenoxy) is 2. The van der Waals surface area contributed by atoms with Crippen molar-refractivity contribution in [2.45, 2.75) is 25.3 Å². The number of thiophene rings is 1. The van der Waals surface area contributed by atoms with Gasteiger partial charge in [0.1, 0.15) is 4.88 Å². The van der Waals surface area contributed by atoms with Crippen LogP contribution in [0.5, 0.6) is 0 Å². The third-order valence-electron chi connectivity index (χ3n) is 5.62. The Labute approximate surface area is 173 Å². The monoisotopic (exact) mass is 418 g/mol. The molecule has 29 heavy (non-hydrogen) atoms. The van der Waals surface area contributed by atoms with Crippen molar-refractivity contribution in [3.63, 3.8) is 0 Å². The summed E-state index contributed by atoms with van der Waals surface area (Å²) in [6, 6.07) is 1.99. The molecule has 1 atom stereocenters. The summed E-state index contributed by atoms with van der Waals surface area (Å²) >= 11 is 1.41. The highest BCUT2D eigenvalue weighted by atomic mass is 32.1. The van der Waals surface area contributed by atoms with Gasteiger partial charge in [-0.3, -0.25) is 14.8 Å². The second-order valence-electron chi connectivity index (χ2n) is 7.44. The molecular weight excluding hydrogens is 392 g/mol. The van der Waals surface area contributed by atoms with E-state index in [0.717, 1.165) is 37.2 Å². The van der Waals surface area contributed by atoms with Gasteiger partial charge in [0.2, 0.25) is 0 Å². The topological polar surface area (TPSA) is 87.8 Å². The molecule has 1 N–H and O–H groups in total. The van der Waals surface area contributed by atoms with E-state index in [0.29, 0.717) is 43.3 Å². The number of esters is 1. The second kappa shape index (κ2) is 9.06. The Hall–Kier alpha value is -2.23. The Morgan fingerprint density at radius 2 is 2.17 bits per heavy atom. The number of methoxy groups -OCH3 is 1. The Kier molecular flexibility index (Phi) is 6.27. The molecule has 2 aliphatic rings. The fourth-order valence-corrected chi connectivity index (χ4v) is 4.95. The maximum absolute atomic E-state index is 13.0. The lowest BCUT2D eigenvalue weighted by atomic mass is 9.92. The number of hydrogen-bond acceptors (Lipinski definition) is 7. The zero-order valence-electron chi connectivity index (χ0n) is 16.6. The molecule has 1 amide bonds. The minimum atomic E-state index is -0.282. The van der Waals surface area contributed by atoms with Gasteiger partial charge in [0, 0.05) is 32.1 Å². The number of amides is 1. The van der Waals surface area contributed by atoms with Crippen LogP contribution >= 0.6 is 11.3 Å². The number of likely N-dealkylation sites (tertiary alicyclic amines) is 1. The van der Waals surface area contributed by atoms with Gasteiger partial charge in [0.05, 0.1) is 37.8 Å². The zero-order valence-corrected chi connectivity index (χ0v) is 17.4. The Morgan fingerprint density at radius 1 is 1.34 bits per heavy atom. The van der Waals surface area contributed by atoms with Crippen LogP contribution in [-0.4, -0.2) is 78.4 Å². The van der Waals surface area contributed by atoms with Crippen LogP contribution in [0.3, 0.4) is 0 Å². The molecule has 2 aliphatic heterocycles. The van der Waals surface area contributed by atoms with Crippen molar-refractivity contribution in [1.29, 1.82) is 0 Å². The molecule has 9 heteroatoms. The number of aromatic amines is 1. The van der Waals surface area contributed by atoms with E-state index in [1.807, 2.05) is 16.3 Å². The highest BCUT2D eigenvalue weighted by Gasteiger charge is 2.30. The third kappa shape index (κ3) is 4.36. The molecule has 0 unspecified atom stereocenters. The third-order valence-corrected chi connectivity index (χ3v) is 6.56. The van der Waals surface area contributed by atoms with Crippen LogP contribution in [-0.2, 0) is 16.0 Å². The Balaban J connectivity index is 1.46. The summed E-state index contributed by atoms with van der Waals surface area (Å²) in [7, 11) is 1.41. The van der Waals surface area contributed by atoms with Gasteiger partial charge in [-0.15, -0.1) is 11.3 Å². The summed E-state index contributed by atoms with van der Waals surface area (Å²) < 4.78 is 10.2. The molecule has 4 rings (SSSR count). The van der Waals surface area contributed by atoms with E-state index in [1.54, 1.807) is 6.20 Å². The van der Waals surface area contributed by atoms with Crippen molar-refractivity contribution in [2.24, 2.45) is 0 Å². The van der Waals surface area contributed by atoms with E-state index in [4.69, 9.17) is 9.47 Å². The average Bonchev–Trinajstić information content (AvgIpc) is 3.43. The van der Waals surface area contributed by atoms with Gasteiger partial charge < -0.3 is 14.4 Å². The number of carbonyl (C=O) groups is 2. The van der Waals surface area contributed by atoms with Crippen molar-refractivity contribution in [1.82, 2.24) is 20.0 Å². The lowest BCUT2D eigenvalue weighted by Crippen LogP contribution is -2.41. The largest absolute Gasteiger partial charge is 0.465 e. The number of piperidine rings is 1. The van der Waals surface area contributed by atoms with E-state index < -0.39 is 0 Å². The van der Waals surface area contributed by atoms with Crippen LogP contribution in [0, 0.1) is 0 Å². The van der Waals surface area contributed by atoms with Crippen molar-refractivity contribution in [3.05, 3.63) is 39.3 Å². The van der Waals surface area contributed by atoms with E-state index in [1.165, 1.54) is 18.4 Å². The number of H-pyrrole nitrogens is 1. The number of morpholine rings is 1. The molecule has 4 heterocycles. The van der Waals surface area contributed by atoms with Gasteiger partial charge in [0.15, 0.2) is 0 Å². The molecule has 2 aromatic heterocycles. The van der Waals surface area contributed by atoms with Gasteiger partial charge in [-0.05, 0) is 36.4 Å². The van der Waals surface area contributed by atoms with Crippen molar-refractivity contribution in [2.75, 3.05) is 46.5 Å². The Bertz CT molecular complexity index is 858. The van der Waals surface area contributed by atoms with Gasteiger partial charge >= 0.3 is 5.97 Å². The van der Waals surface area contributed by atoms with Gasteiger partial charge in [0.25, 0.3) is 5.91 Å². The summed E-state index contributed by atoms with van der Waals surface area (Å²) in [6.45, 7) is 4.89. The second-order valence-corrected chi connectivity index (χ2v) is 8.36. The number of carbonyl (C=O) groups excluding carboxylic acids is 2. The quantitative estimate of drug-likeness (QED) is 0.749. The summed E-state index contributed by atoms with van der Waals surface area (Å²) in [5.74, 6) is -0.0399. The SMILES string of the molecule is COC(=O)c1sccc1CN1CCC[C@H](c2[nH]ncc2C(=O)N2CCOCC2)C1. The highest BCUT2D eigenvalue weighted by molar-refractivity contribution is 7.12. The molecular formula is C20H26N4O4S. The molecule has 156 valence electrons. The average molecular weight is 419 g/mol. The molecule has 2 aromatic rings. The molecule has 8 nitrogen and oxygen atoms in total. The van der Waals surface area contributed by atoms with Crippen LogP contribution in [0.4, 0.5) is 0 Å². The molecule has 0 bridgehead atoms. The number of hydrogen-bond donors (Lipinski definition) is 1. The number of nitrogens with one attached hydrogen (secondary N) is 1. The minimum absolute atomic E-state index is 0.0278. The van der Waals surface area contributed by atoms with E-state index >= 15 is 0 Å². The first kappa shape index (κ1) is 20.1. The van der Waals surface area contributed by atoms with Crippen molar-refractivity contribution in [3.8, 4) is 0 Å². The van der Waals surface area contributed by atoms with E-state index in [9.17, 15) is 9.59 Å². The molecule has 2 fully saturated rings. The van der Waals surface area contributed by atoms with Crippen LogP contribution in [0.25, 0.3) is 0 Å². The van der Waals surface area contributed by atoms with Crippen molar-refractivity contribution >= 4 is 23.2 Å². The summed E-state index contributed by atoms with van der Waals surface area (Å²) in [5, 5.41) is 9.19. The summed E-state index contributed by atoms with van der Waals surface area (Å²) in [4.78, 5) is 29.8. The molecule has 0 saturated carbocycles. The first-order valence-electron chi connectivity index (χ1n) is 9.94. The van der Waals surface area contributed by atoms with E-state index in [2.05, 4.69) is 15.1 Å². The first-order valence-corrected chi connectivity index (χ1v) is 10.8. The van der Waals surface area contributed by atoms with Crippen LogP contribution in [0.2, 0.25) is 0 Å². The number of aromatic nitrogens is 2. The van der Waals surface area contributed by atoms with Crippen LogP contribution < -0.4 is 0 Å². The lowest BCUT2D eigenvalue weighted by molar-refractivity contribution is 0.0301. The van der Waals surface area contributed by atoms with Gasteiger partial charge in [-0.1, -0.05) is 0 Å². The number of rotatable bonds is 5. The fraction of sp³-hybridized carbons (Fsp3) is 0.550. The van der Waals surface area contributed by atoms with Crippen LogP contribution in [0.15, 0.2) is 17.6 Å². The fourth-order valence-electron chi connectivity index (χ4n) is 4.12. The highest BCUT2D eigenvalue weighted by Crippen LogP contribution is 2.30. The molecule has 0 aliphatic carbocycles. The van der Waals surface area contributed by atoms with Gasteiger partial charge in [-0.2, -0.15) is 5.10 Å². The molecule has 0 aromatic carbocycles. The maximum atomic E-state index is 13.0. The smallest absolute Gasteiger partial charge is 0.348 e. The molecule has 0 radical (unpaired) electrons. The first-order chi connectivity index (χ1) is 14.2. The summed E-state index contributed by atoms with van der Waals surface area (Å²) in [6.07, 6.45) is 3.70. The molecule has 2 saturated heterocycles. The maximum Gasteiger partial charge on any atom is 0.348 e. The lowest BCUT2D eigenvalue weighted by Gasteiger charge is -2.33. The van der Waals surface area contributed by atoms with Crippen molar-refractivity contribution < 1.29 is 19.1 Å². The Morgan fingerprint density at radius 3 is 2.97 bits per heavy atom. The normalized spacial score (nSPS) is 20.6. The predicted octanol–water partition coefficient (Wildman–Crippen LogP) is 2.11. The predicted molar refractivity (Wildman–Crippen MR) is 108 cm³/mol. The number of nitrogens with zero attached hydrogens (tertiary/aromatic N) is 3. The summed E-state index contributed by atoms with van der Waals surface area (Å²) in [5.41, 5.74) is 2.59. The van der Waals surface area contributed by atoms with Crippen LogP contribution in [0.1, 0.15) is 50.0 Å². The van der Waals surface area contributed by atoms with Gasteiger partial charge in [-0.25, -0.2) is 4.79 Å². The zero-order chi connectivity index (χ0) is 20.2. The molecule has 0 spiro atoms.